The number of hydrogen-bond acceptors (Lipinski definition) is 15. The number of anilines is 1. The molecule has 5 atom stereocenters. The maximum Gasteiger partial charge on any atom is 0.285 e. The Hall–Kier alpha value is -7.46. The molecule has 1 saturated heterocycles. The smallest absolute Gasteiger partial charge is 0.285 e. The number of nitrogens with one attached hydrogen (secondary N) is 1. The van der Waals surface area contributed by atoms with Crippen LogP contribution in [-0.2, 0) is 34.4 Å². The lowest BCUT2D eigenvalue weighted by molar-refractivity contribution is -0.175. The molecule has 3 amide bonds. The van der Waals surface area contributed by atoms with E-state index in [9.17, 15) is 19.6 Å². The molecular formula is C59H63N8O10P. The van der Waals surface area contributed by atoms with Gasteiger partial charge < -0.3 is 33.3 Å². The highest BCUT2D eigenvalue weighted by Gasteiger charge is 2.54. The normalized spacial score (nSPS) is 18.0. The number of carbonyl (C=O) groups excluding carboxylic acids is 3. The van der Waals surface area contributed by atoms with E-state index in [1.807, 2.05) is 119 Å². The Bertz CT molecular complexity index is 3180. The van der Waals surface area contributed by atoms with Crippen LogP contribution in [-0.4, -0.2) is 105 Å². The van der Waals surface area contributed by atoms with Gasteiger partial charge in [0.1, 0.15) is 35.6 Å². The number of imidazole rings is 1. The molecule has 404 valence electrons. The first kappa shape index (κ1) is 55.3. The van der Waals surface area contributed by atoms with Crippen molar-refractivity contribution in [2.24, 2.45) is 0 Å². The molecule has 78 heavy (non-hydrogen) atoms. The molecule has 1 unspecified atom stereocenters. The minimum atomic E-state index is -2.05. The number of nitriles is 1. The molecule has 2 aliphatic rings. The van der Waals surface area contributed by atoms with Gasteiger partial charge in [0, 0.05) is 17.6 Å². The summed E-state index contributed by atoms with van der Waals surface area (Å²) in [7, 11) is 1.15. The lowest BCUT2D eigenvalue weighted by Crippen LogP contribution is -2.46. The lowest BCUT2D eigenvalue weighted by atomic mass is 9.80. The number of benzene rings is 5. The molecule has 5 aromatic carbocycles. The van der Waals surface area contributed by atoms with Crippen molar-refractivity contribution in [1.82, 2.24) is 29.3 Å². The SMILES string of the molecule is COc1ccc(C(OC[C@H]2O[C@@H](n3cnc4c(NC(=O)c5ccc(C(C)(C)C)cc5)ncnc43)[C@H](ON3C(=O)c4ccccc4C3=O)[C@@H]2OP(OCCC#N)N(C(C)C)C(C)C)(c2ccccc2)c2ccc(OC)cc2)cc1. The minimum absolute atomic E-state index is 0.0324. The second-order valence-corrected chi connectivity index (χ2v) is 21.8. The number of aromatic nitrogens is 4. The van der Waals surface area contributed by atoms with Crippen molar-refractivity contribution in [3.05, 3.63) is 179 Å². The molecule has 0 saturated carbocycles. The zero-order valence-electron chi connectivity index (χ0n) is 45.0. The molecule has 1 fully saturated rings. The summed E-state index contributed by atoms with van der Waals surface area (Å²) in [5.41, 5.74) is 3.03. The second-order valence-electron chi connectivity index (χ2n) is 20.3. The number of rotatable bonds is 21. The second kappa shape index (κ2) is 23.6. The number of amides is 3. The lowest BCUT2D eigenvalue weighted by Gasteiger charge is -2.39. The van der Waals surface area contributed by atoms with Crippen LogP contribution < -0.4 is 14.8 Å². The van der Waals surface area contributed by atoms with Gasteiger partial charge in [0.15, 0.2) is 29.3 Å². The van der Waals surface area contributed by atoms with Gasteiger partial charge in [0.05, 0.1) is 57.4 Å². The van der Waals surface area contributed by atoms with E-state index >= 15 is 0 Å². The van der Waals surface area contributed by atoms with Crippen molar-refractivity contribution < 1.29 is 47.2 Å². The van der Waals surface area contributed by atoms with Crippen LogP contribution in [0.1, 0.15) is 114 Å². The zero-order valence-corrected chi connectivity index (χ0v) is 45.9. The van der Waals surface area contributed by atoms with Gasteiger partial charge in [-0.05, 0) is 104 Å². The van der Waals surface area contributed by atoms with E-state index in [1.54, 1.807) is 55.2 Å². The van der Waals surface area contributed by atoms with E-state index in [2.05, 4.69) is 46.8 Å². The summed E-state index contributed by atoms with van der Waals surface area (Å²) in [6, 6.07) is 40.7. The highest BCUT2D eigenvalue weighted by molar-refractivity contribution is 7.44. The maximum absolute atomic E-state index is 14.3. The standard InChI is InChI=1S/C59H63N8O10P/c1-37(2)67(38(3)4)78(74-33-15-32-60)77-50-48(34-73-59(41-16-11-10-12-17-41,42-24-28-44(71-8)29-25-42)43-26-30-45(72-9)31-27-43)75-57(51(50)76-66-55(69)46-18-13-14-19-47(46)56(66)70)65-36-63-49-52(61-35-62-53(49)65)64-54(68)39-20-22-40(23-21-39)58(5,6)7/h10-14,16-31,35-38,48,50-51,57H,15,33-34H2,1-9H3,(H,61,62,64,68)/t48-,50-,51-,57-,78?/m1/s1. The Kier molecular flexibility index (Phi) is 16.8. The highest BCUT2D eigenvalue weighted by atomic mass is 31.2. The Morgan fingerprint density at radius 3 is 1.87 bits per heavy atom. The summed E-state index contributed by atoms with van der Waals surface area (Å²) in [5.74, 6) is -0.397. The Balaban J connectivity index is 1.19. The van der Waals surface area contributed by atoms with Crippen LogP contribution in [0.4, 0.5) is 5.82 Å². The van der Waals surface area contributed by atoms with Gasteiger partial charge in [-0.3, -0.25) is 23.8 Å². The van der Waals surface area contributed by atoms with Crippen molar-refractivity contribution in [1.29, 1.82) is 5.26 Å². The van der Waals surface area contributed by atoms with E-state index in [-0.39, 0.29) is 65.2 Å². The van der Waals surface area contributed by atoms with E-state index < -0.39 is 56.4 Å². The Morgan fingerprint density at radius 2 is 1.32 bits per heavy atom. The van der Waals surface area contributed by atoms with Crippen LogP contribution in [0.5, 0.6) is 11.5 Å². The topological polar surface area (TPSA) is 202 Å². The van der Waals surface area contributed by atoms with Gasteiger partial charge in [0.25, 0.3) is 26.2 Å². The van der Waals surface area contributed by atoms with Crippen LogP contribution in [0.2, 0.25) is 0 Å². The predicted octanol–water partition coefficient (Wildman–Crippen LogP) is 10.6. The molecule has 0 spiro atoms. The van der Waals surface area contributed by atoms with Crippen molar-refractivity contribution in [2.75, 3.05) is 32.8 Å². The first-order valence-electron chi connectivity index (χ1n) is 25.7. The van der Waals surface area contributed by atoms with Crippen LogP contribution in [0, 0.1) is 11.3 Å². The molecule has 1 N–H and O–H groups in total. The summed E-state index contributed by atoms with van der Waals surface area (Å²) in [4.78, 5) is 63.2. The third-order valence-electron chi connectivity index (χ3n) is 13.7. The molecular weight excluding hydrogens is 1010 g/mol. The zero-order chi connectivity index (χ0) is 55.3. The predicted molar refractivity (Wildman–Crippen MR) is 292 cm³/mol. The number of ether oxygens (including phenoxy) is 4. The van der Waals surface area contributed by atoms with Crippen LogP contribution in [0.3, 0.4) is 0 Å². The number of hydrogen-bond donors (Lipinski definition) is 1. The summed E-state index contributed by atoms with van der Waals surface area (Å²) in [6.45, 7) is 14.2. The number of hydroxylamine groups is 2. The van der Waals surface area contributed by atoms with Gasteiger partial charge in [-0.2, -0.15) is 5.26 Å². The van der Waals surface area contributed by atoms with E-state index in [1.165, 1.54) is 12.7 Å². The third kappa shape index (κ3) is 11.1. The van der Waals surface area contributed by atoms with Crippen molar-refractivity contribution in [2.45, 2.75) is 103 Å². The van der Waals surface area contributed by atoms with Crippen LogP contribution >= 0.6 is 8.53 Å². The number of imide groups is 1. The van der Waals surface area contributed by atoms with E-state index in [0.717, 1.165) is 27.3 Å². The molecule has 0 bridgehead atoms. The molecule has 4 heterocycles. The van der Waals surface area contributed by atoms with Crippen molar-refractivity contribution >= 4 is 43.2 Å². The Labute approximate surface area is 455 Å². The molecule has 0 radical (unpaired) electrons. The molecule has 18 nitrogen and oxygen atoms in total. The van der Waals surface area contributed by atoms with Gasteiger partial charge in [0.2, 0.25) is 0 Å². The van der Waals surface area contributed by atoms with E-state index in [4.69, 9.17) is 37.8 Å². The van der Waals surface area contributed by atoms with E-state index in [0.29, 0.717) is 17.1 Å². The number of carbonyl (C=O) groups is 3. The summed E-state index contributed by atoms with van der Waals surface area (Å²) < 4.78 is 43.4. The van der Waals surface area contributed by atoms with Gasteiger partial charge in [-0.1, -0.05) is 99.6 Å². The highest BCUT2D eigenvalue weighted by Crippen LogP contribution is 2.52. The quantitative estimate of drug-likeness (QED) is 0.0308. The number of nitrogens with zero attached hydrogens (tertiary/aromatic N) is 7. The fourth-order valence-electron chi connectivity index (χ4n) is 9.80. The monoisotopic (exact) mass is 1070 g/mol. The molecule has 0 aliphatic carbocycles. The van der Waals surface area contributed by atoms with Gasteiger partial charge in [-0.25, -0.2) is 19.6 Å². The molecule has 2 aromatic heterocycles. The summed E-state index contributed by atoms with van der Waals surface area (Å²) in [6.07, 6.45) is -2.07. The summed E-state index contributed by atoms with van der Waals surface area (Å²) >= 11 is 0. The Morgan fingerprint density at radius 1 is 0.756 bits per heavy atom. The average molecular weight is 1080 g/mol. The molecule has 19 heteroatoms. The number of fused-ring (bicyclic) bond motifs is 2. The van der Waals surface area contributed by atoms with Crippen LogP contribution in [0.15, 0.2) is 140 Å². The first-order chi connectivity index (χ1) is 37.6. The maximum atomic E-state index is 14.3. The first-order valence-corrected chi connectivity index (χ1v) is 26.8. The molecule has 2 aliphatic heterocycles. The number of methoxy groups -OCH3 is 2. The fourth-order valence-corrected chi connectivity index (χ4v) is 11.6. The minimum Gasteiger partial charge on any atom is -0.497 e. The molecule has 9 rings (SSSR count). The fraction of sp³-hybridized carbons (Fsp3) is 0.339. The van der Waals surface area contributed by atoms with Crippen LogP contribution in [0.25, 0.3) is 11.2 Å². The largest absolute Gasteiger partial charge is 0.497 e. The van der Waals surface area contributed by atoms with Crippen molar-refractivity contribution in [3.63, 3.8) is 0 Å². The van der Waals surface area contributed by atoms with Crippen molar-refractivity contribution in [3.8, 4) is 17.6 Å². The van der Waals surface area contributed by atoms with Gasteiger partial charge in [-0.15, -0.1) is 5.06 Å². The third-order valence-corrected chi connectivity index (χ3v) is 15.8. The summed E-state index contributed by atoms with van der Waals surface area (Å²) in [5, 5.41) is 13.4. The average Bonchev–Trinajstić information content (AvgIpc) is 4.29. The molecule has 7 aromatic rings. The van der Waals surface area contributed by atoms with Gasteiger partial charge >= 0.3 is 0 Å².